The fraction of sp³-hybridized carbons (Fsp3) is 0.133. The fourth-order valence-corrected chi connectivity index (χ4v) is 3.14. The Bertz CT molecular complexity index is 673. The Morgan fingerprint density at radius 3 is 2.76 bits per heavy atom. The number of H-pyrrole nitrogens is 1. The molecule has 0 saturated carbocycles. The maximum Gasteiger partial charge on any atom is 0.324 e. The highest BCUT2D eigenvalue weighted by Gasteiger charge is 2.33. The number of aromatic nitrogens is 1. The molecular weight excluding hydrogens is 306 g/mol. The predicted octanol–water partition coefficient (Wildman–Crippen LogP) is 2.62. The first kappa shape index (κ1) is 14.1. The molecule has 6 heteroatoms. The summed E-state index contributed by atoms with van der Waals surface area (Å²) in [6, 6.07) is 13.2. The molecular formula is C15H13ClN3OS+. The molecule has 0 spiro atoms. The second-order valence-corrected chi connectivity index (χ2v) is 6.22. The third kappa shape index (κ3) is 3.62. The van der Waals surface area contributed by atoms with Crippen molar-refractivity contribution in [2.75, 3.05) is 0 Å². The third-order valence-corrected chi connectivity index (χ3v) is 4.36. The summed E-state index contributed by atoms with van der Waals surface area (Å²) in [6.07, 6.45) is 2.46. The maximum atomic E-state index is 12.0. The summed E-state index contributed by atoms with van der Waals surface area (Å²) < 4.78 is 0. The molecule has 1 amide bonds. The van der Waals surface area contributed by atoms with E-state index in [4.69, 9.17) is 11.6 Å². The number of thioether (sulfide) groups is 1. The molecule has 2 aromatic rings. The molecule has 106 valence electrons. The number of rotatable bonds is 3. The molecule has 0 bridgehead atoms. The molecule has 3 rings (SSSR count). The summed E-state index contributed by atoms with van der Waals surface area (Å²) >= 11 is 7.31. The normalized spacial score (nSPS) is 19.8. The highest BCUT2D eigenvalue weighted by molar-refractivity contribution is 8.15. The Morgan fingerprint density at radius 2 is 2.05 bits per heavy atom. The number of carbonyl (C=O) groups is 1. The van der Waals surface area contributed by atoms with Gasteiger partial charge in [0.25, 0.3) is 5.17 Å². The van der Waals surface area contributed by atoms with E-state index in [-0.39, 0.29) is 11.2 Å². The van der Waals surface area contributed by atoms with Crippen molar-refractivity contribution in [2.45, 2.75) is 11.7 Å². The molecule has 21 heavy (non-hydrogen) atoms. The highest BCUT2D eigenvalue weighted by atomic mass is 35.5. The van der Waals surface area contributed by atoms with Crippen LogP contribution >= 0.6 is 23.4 Å². The number of halogens is 1. The van der Waals surface area contributed by atoms with Crippen molar-refractivity contribution in [3.63, 3.8) is 0 Å². The molecule has 1 fully saturated rings. The van der Waals surface area contributed by atoms with E-state index in [0.29, 0.717) is 22.4 Å². The van der Waals surface area contributed by atoms with Crippen LogP contribution in [0.15, 0.2) is 53.7 Å². The van der Waals surface area contributed by atoms with E-state index in [1.54, 1.807) is 6.20 Å². The first-order valence-corrected chi connectivity index (χ1v) is 7.74. The van der Waals surface area contributed by atoms with Gasteiger partial charge in [-0.25, -0.2) is 4.98 Å². The average Bonchev–Trinajstić information content (AvgIpc) is 2.82. The van der Waals surface area contributed by atoms with Gasteiger partial charge < -0.3 is 0 Å². The Kier molecular flexibility index (Phi) is 4.22. The molecule has 1 aliphatic rings. The van der Waals surface area contributed by atoms with Crippen molar-refractivity contribution in [3.8, 4) is 0 Å². The van der Waals surface area contributed by atoms with Crippen molar-refractivity contribution < 1.29 is 9.78 Å². The molecule has 4 nitrogen and oxygen atoms in total. The van der Waals surface area contributed by atoms with Crippen LogP contribution < -0.4 is 10.3 Å². The van der Waals surface area contributed by atoms with Crippen LogP contribution in [0.25, 0.3) is 0 Å². The number of nitrogens with zero attached hydrogens (tertiary/aromatic N) is 1. The van der Waals surface area contributed by atoms with Crippen LogP contribution in [0.3, 0.4) is 0 Å². The minimum atomic E-state index is -0.159. The number of hydrogen-bond acceptors (Lipinski definition) is 3. The number of aromatic amines is 1. The standard InChI is InChI=1S/C15H12ClN3OS/c16-11-6-4-10(5-7-11)9-12-14(20)19-15(21-12)18-13-3-1-2-8-17-13/h1-8,12H,9H2,(H,17,18,19,20)/p+1. The maximum absolute atomic E-state index is 12.0. The molecule has 0 aliphatic carbocycles. The second kappa shape index (κ2) is 6.28. The van der Waals surface area contributed by atoms with Crippen molar-refractivity contribution >= 4 is 40.3 Å². The Hall–Kier alpha value is -1.85. The Labute approximate surface area is 131 Å². The number of nitrogens with one attached hydrogen (secondary N) is 2. The van der Waals surface area contributed by atoms with Crippen LogP contribution in [0.1, 0.15) is 5.56 Å². The van der Waals surface area contributed by atoms with E-state index in [1.165, 1.54) is 11.8 Å². The summed E-state index contributed by atoms with van der Waals surface area (Å²) in [7, 11) is 0. The molecule has 1 unspecified atom stereocenters. The van der Waals surface area contributed by atoms with Gasteiger partial charge in [-0.2, -0.15) is 0 Å². The quantitative estimate of drug-likeness (QED) is 0.945. The van der Waals surface area contributed by atoms with E-state index in [2.05, 4.69) is 15.3 Å². The van der Waals surface area contributed by atoms with Gasteiger partial charge in [0.1, 0.15) is 0 Å². The number of benzene rings is 1. The van der Waals surface area contributed by atoms with Crippen LogP contribution in [0.2, 0.25) is 5.02 Å². The topological polar surface area (TPSA) is 55.6 Å². The SMILES string of the molecule is O=C1N/C(=N/c2cccc[nH+]2)SC1Cc1ccc(Cl)cc1. The van der Waals surface area contributed by atoms with Gasteiger partial charge in [0, 0.05) is 11.1 Å². The lowest BCUT2D eigenvalue weighted by Crippen LogP contribution is -2.26. The van der Waals surface area contributed by atoms with Crippen molar-refractivity contribution in [3.05, 3.63) is 59.2 Å². The fourth-order valence-electron chi connectivity index (χ4n) is 1.99. The predicted molar refractivity (Wildman–Crippen MR) is 84.8 cm³/mol. The number of hydrogen-bond donors (Lipinski definition) is 1. The zero-order chi connectivity index (χ0) is 14.7. The van der Waals surface area contributed by atoms with E-state index < -0.39 is 0 Å². The minimum absolute atomic E-state index is 0.00960. The number of pyridine rings is 1. The molecule has 1 atom stereocenters. The number of carbonyl (C=O) groups excluding carboxylic acids is 1. The summed E-state index contributed by atoms with van der Waals surface area (Å²) in [5.74, 6) is 0.706. The van der Waals surface area contributed by atoms with Crippen LogP contribution in [-0.4, -0.2) is 16.3 Å². The first-order chi connectivity index (χ1) is 10.2. The summed E-state index contributed by atoms with van der Waals surface area (Å²) in [6.45, 7) is 0. The van der Waals surface area contributed by atoms with Crippen molar-refractivity contribution in [2.24, 2.45) is 4.99 Å². The van der Waals surface area contributed by atoms with E-state index in [0.717, 1.165) is 5.56 Å². The van der Waals surface area contributed by atoms with Gasteiger partial charge in [-0.15, -0.1) is 0 Å². The molecule has 1 aromatic carbocycles. The van der Waals surface area contributed by atoms with Crippen LogP contribution in [-0.2, 0) is 11.2 Å². The lowest BCUT2D eigenvalue weighted by atomic mass is 10.1. The van der Waals surface area contributed by atoms with Gasteiger partial charge in [0.15, 0.2) is 0 Å². The van der Waals surface area contributed by atoms with Crippen LogP contribution in [0.4, 0.5) is 5.82 Å². The zero-order valence-corrected chi connectivity index (χ0v) is 12.6. The van der Waals surface area contributed by atoms with Gasteiger partial charge in [-0.05, 0) is 46.9 Å². The van der Waals surface area contributed by atoms with Crippen molar-refractivity contribution in [1.82, 2.24) is 5.32 Å². The minimum Gasteiger partial charge on any atom is -0.283 e. The van der Waals surface area contributed by atoms with E-state index in [9.17, 15) is 4.79 Å². The summed E-state index contributed by atoms with van der Waals surface area (Å²) in [5, 5.41) is 3.98. The first-order valence-electron chi connectivity index (χ1n) is 6.48. The Morgan fingerprint density at radius 1 is 1.24 bits per heavy atom. The molecule has 0 radical (unpaired) electrons. The van der Waals surface area contributed by atoms with Crippen LogP contribution in [0.5, 0.6) is 0 Å². The summed E-state index contributed by atoms with van der Waals surface area (Å²) in [5.41, 5.74) is 1.08. The van der Waals surface area contributed by atoms with Crippen LogP contribution in [0, 0.1) is 0 Å². The number of aliphatic imine (C=N–C) groups is 1. The lowest BCUT2D eigenvalue weighted by Gasteiger charge is -2.04. The smallest absolute Gasteiger partial charge is 0.283 e. The van der Waals surface area contributed by atoms with E-state index >= 15 is 0 Å². The van der Waals surface area contributed by atoms with E-state index in [1.807, 2.05) is 42.5 Å². The summed E-state index contributed by atoms with van der Waals surface area (Å²) in [4.78, 5) is 19.4. The average molecular weight is 319 g/mol. The molecule has 2 N–H and O–H groups in total. The molecule has 1 aromatic heterocycles. The van der Waals surface area contributed by atoms with Gasteiger partial charge in [0.05, 0.1) is 11.4 Å². The second-order valence-electron chi connectivity index (χ2n) is 4.59. The third-order valence-electron chi connectivity index (χ3n) is 3.03. The Balaban J connectivity index is 1.70. The van der Waals surface area contributed by atoms with Gasteiger partial charge in [-0.1, -0.05) is 29.8 Å². The number of amides is 1. The van der Waals surface area contributed by atoms with Gasteiger partial charge in [-0.3, -0.25) is 10.1 Å². The molecule has 1 aliphatic heterocycles. The van der Waals surface area contributed by atoms with Gasteiger partial charge in [0.2, 0.25) is 5.91 Å². The number of amidine groups is 1. The molecule has 2 heterocycles. The monoisotopic (exact) mass is 318 g/mol. The zero-order valence-electron chi connectivity index (χ0n) is 11.0. The van der Waals surface area contributed by atoms with Crippen molar-refractivity contribution in [1.29, 1.82) is 0 Å². The lowest BCUT2D eigenvalue weighted by molar-refractivity contribution is -0.362. The van der Waals surface area contributed by atoms with Gasteiger partial charge >= 0.3 is 5.82 Å². The molecule has 1 saturated heterocycles. The highest BCUT2D eigenvalue weighted by Crippen LogP contribution is 2.25. The largest absolute Gasteiger partial charge is 0.324 e.